The molecule has 3 aromatic rings. The number of imide groups is 1. The van der Waals surface area contributed by atoms with Gasteiger partial charge in [0.25, 0.3) is 0 Å². The van der Waals surface area contributed by atoms with Crippen LogP contribution < -0.4 is 10.6 Å². The summed E-state index contributed by atoms with van der Waals surface area (Å²) in [6, 6.07) is 23.5. The first-order valence-electron chi connectivity index (χ1n) is 12.5. The molecule has 0 radical (unpaired) electrons. The maximum atomic E-state index is 14.0. The standard InChI is InChI=1S/C30H29N3O3/c1-18-15-19(2)26-22(16-18)30(29(36)31-26)25-24(23(32-30)17-21-11-7-4-8-12-21)27(34)33(28(25)35)14-13-20-9-5-3-6-10-20/h3-12,15-16,23-25,32H,13-14,17H2,1-2H3,(H,31,36). The Morgan fingerprint density at radius 2 is 1.53 bits per heavy atom. The van der Waals surface area contributed by atoms with Crippen LogP contribution in [0.2, 0.25) is 0 Å². The summed E-state index contributed by atoms with van der Waals surface area (Å²) in [5, 5.41) is 6.60. The highest BCUT2D eigenvalue weighted by Gasteiger charge is 2.70. The van der Waals surface area contributed by atoms with Crippen LogP contribution in [-0.4, -0.2) is 35.2 Å². The van der Waals surface area contributed by atoms with Gasteiger partial charge in [-0.1, -0.05) is 78.4 Å². The van der Waals surface area contributed by atoms with Crippen molar-refractivity contribution < 1.29 is 14.4 Å². The zero-order valence-electron chi connectivity index (χ0n) is 20.5. The number of nitrogens with one attached hydrogen (secondary N) is 2. The van der Waals surface area contributed by atoms with Crippen molar-refractivity contribution in [1.82, 2.24) is 10.2 Å². The van der Waals surface area contributed by atoms with Crippen molar-refractivity contribution in [3.05, 3.63) is 101 Å². The first-order valence-corrected chi connectivity index (χ1v) is 12.5. The van der Waals surface area contributed by atoms with E-state index in [-0.39, 0.29) is 23.8 Å². The number of benzene rings is 3. The first-order chi connectivity index (χ1) is 17.4. The smallest absolute Gasteiger partial charge is 0.250 e. The second-order valence-corrected chi connectivity index (χ2v) is 10.3. The molecule has 36 heavy (non-hydrogen) atoms. The van der Waals surface area contributed by atoms with E-state index in [1.165, 1.54) is 4.90 Å². The average molecular weight is 480 g/mol. The fourth-order valence-electron chi connectivity index (χ4n) is 6.47. The minimum Gasteiger partial charge on any atom is -0.324 e. The molecule has 3 aliphatic rings. The number of carbonyl (C=O) groups excluding carboxylic acids is 3. The van der Waals surface area contributed by atoms with Crippen molar-refractivity contribution in [3.8, 4) is 0 Å². The second-order valence-electron chi connectivity index (χ2n) is 10.3. The van der Waals surface area contributed by atoms with Gasteiger partial charge in [0, 0.05) is 23.8 Å². The predicted octanol–water partition coefficient (Wildman–Crippen LogP) is 3.51. The van der Waals surface area contributed by atoms with Crippen molar-refractivity contribution in [3.63, 3.8) is 0 Å². The number of anilines is 1. The van der Waals surface area contributed by atoms with Gasteiger partial charge in [0.05, 0.1) is 11.8 Å². The molecule has 0 aromatic heterocycles. The van der Waals surface area contributed by atoms with Gasteiger partial charge in [0.2, 0.25) is 17.7 Å². The molecule has 4 atom stereocenters. The van der Waals surface area contributed by atoms with Crippen molar-refractivity contribution in [1.29, 1.82) is 0 Å². The Labute approximate surface area is 210 Å². The first kappa shape index (κ1) is 22.7. The summed E-state index contributed by atoms with van der Waals surface area (Å²) in [6.45, 7) is 4.27. The van der Waals surface area contributed by atoms with Crippen LogP contribution in [-0.2, 0) is 32.8 Å². The van der Waals surface area contributed by atoms with E-state index in [0.29, 0.717) is 19.4 Å². The van der Waals surface area contributed by atoms with E-state index >= 15 is 0 Å². The molecule has 0 saturated carbocycles. The van der Waals surface area contributed by atoms with Gasteiger partial charge < -0.3 is 5.32 Å². The second kappa shape index (κ2) is 8.42. The van der Waals surface area contributed by atoms with Gasteiger partial charge in [-0.05, 0) is 43.4 Å². The van der Waals surface area contributed by atoms with Gasteiger partial charge in [-0.25, -0.2) is 0 Å². The quantitative estimate of drug-likeness (QED) is 0.549. The Balaban J connectivity index is 1.42. The summed E-state index contributed by atoms with van der Waals surface area (Å²) in [5.41, 5.74) is 4.38. The third-order valence-corrected chi connectivity index (χ3v) is 8.02. The zero-order valence-corrected chi connectivity index (χ0v) is 20.5. The van der Waals surface area contributed by atoms with Crippen LogP contribution >= 0.6 is 0 Å². The number of amides is 3. The molecule has 2 N–H and O–H groups in total. The normalized spacial score (nSPS) is 26.4. The third-order valence-electron chi connectivity index (χ3n) is 8.02. The van der Waals surface area contributed by atoms with Crippen LogP contribution in [0.15, 0.2) is 72.8 Å². The van der Waals surface area contributed by atoms with Gasteiger partial charge in [-0.2, -0.15) is 0 Å². The van der Waals surface area contributed by atoms with Gasteiger partial charge in [0.1, 0.15) is 5.54 Å². The van der Waals surface area contributed by atoms with E-state index in [9.17, 15) is 14.4 Å². The average Bonchev–Trinajstić information content (AvgIpc) is 3.44. The number of rotatable bonds is 5. The van der Waals surface area contributed by atoms with Gasteiger partial charge in [-0.15, -0.1) is 0 Å². The number of hydrogen-bond donors (Lipinski definition) is 2. The lowest BCUT2D eigenvalue weighted by Gasteiger charge is -2.30. The highest BCUT2D eigenvalue weighted by molar-refractivity contribution is 6.15. The van der Waals surface area contributed by atoms with E-state index in [1.807, 2.05) is 86.6 Å². The Kier molecular flexibility index (Phi) is 5.30. The van der Waals surface area contributed by atoms with Crippen LogP contribution in [0.3, 0.4) is 0 Å². The monoisotopic (exact) mass is 479 g/mol. The number of aryl methyl sites for hydroxylation is 2. The summed E-state index contributed by atoms with van der Waals surface area (Å²) in [5.74, 6) is -2.08. The molecule has 1 spiro atoms. The van der Waals surface area contributed by atoms with Gasteiger partial charge in [0.15, 0.2) is 0 Å². The number of hydrogen-bond acceptors (Lipinski definition) is 4. The maximum Gasteiger partial charge on any atom is 0.250 e. The van der Waals surface area contributed by atoms with Crippen LogP contribution in [0.4, 0.5) is 5.69 Å². The summed E-state index contributed by atoms with van der Waals surface area (Å²) < 4.78 is 0. The third kappa shape index (κ3) is 3.32. The Bertz CT molecular complexity index is 1370. The van der Waals surface area contributed by atoms with Crippen molar-refractivity contribution in [2.75, 3.05) is 11.9 Å². The number of carbonyl (C=O) groups is 3. The van der Waals surface area contributed by atoms with E-state index in [4.69, 9.17) is 0 Å². The molecule has 0 aliphatic carbocycles. The van der Waals surface area contributed by atoms with Crippen LogP contribution in [0, 0.1) is 25.7 Å². The predicted molar refractivity (Wildman–Crippen MR) is 137 cm³/mol. The van der Waals surface area contributed by atoms with Crippen molar-refractivity contribution in [2.24, 2.45) is 11.8 Å². The number of fused-ring (bicyclic) bond motifs is 4. The number of likely N-dealkylation sites (tertiary alicyclic amines) is 1. The number of nitrogens with zero attached hydrogens (tertiary/aromatic N) is 1. The molecule has 4 unspecified atom stereocenters. The molecule has 6 nitrogen and oxygen atoms in total. The fourth-order valence-corrected chi connectivity index (χ4v) is 6.47. The summed E-state index contributed by atoms with van der Waals surface area (Å²) in [6.07, 6.45) is 1.14. The molecule has 0 bridgehead atoms. The van der Waals surface area contributed by atoms with E-state index in [0.717, 1.165) is 33.5 Å². The zero-order chi connectivity index (χ0) is 25.0. The van der Waals surface area contributed by atoms with Crippen LogP contribution in [0.5, 0.6) is 0 Å². The molecule has 2 saturated heterocycles. The largest absolute Gasteiger partial charge is 0.324 e. The molecular formula is C30H29N3O3. The maximum absolute atomic E-state index is 14.0. The van der Waals surface area contributed by atoms with Crippen LogP contribution in [0.1, 0.15) is 27.8 Å². The molecule has 3 heterocycles. The molecule has 6 rings (SSSR count). The Morgan fingerprint density at radius 3 is 2.22 bits per heavy atom. The van der Waals surface area contributed by atoms with Gasteiger partial charge >= 0.3 is 0 Å². The van der Waals surface area contributed by atoms with Gasteiger partial charge in [-0.3, -0.25) is 24.6 Å². The molecule has 182 valence electrons. The minimum atomic E-state index is -1.26. The fraction of sp³-hybridized carbons (Fsp3) is 0.300. The molecule has 3 amide bonds. The lowest BCUT2D eigenvalue weighted by Crippen LogP contribution is -2.53. The molecule has 6 heteroatoms. The minimum absolute atomic E-state index is 0.183. The molecule has 2 fully saturated rings. The molecular weight excluding hydrogens is 450 g/mol. The molecule has 3 aromatic carbocycles. The Morgan fingerprint density at radius 1 is 0.861 bits per heavy atom. The lowest BCUT2D eigenvalue weighted by molar-refractivity contribution is -0.142. The highest BCUT2D eigenvalue weighted by atomic mass is 16.2. The van der Waals surface area contributed by atoms with Crippen molar-refractivity contribution in [2.45, 2.75) is 38.3 Å². The topological polar surface area (TPSA) is 78.5 Å². The van der Waals surface area contributed by atoms with E-state index < -0.39 is 17.4 Å². The summed E-state index contributed by atoms with van der Waals surface area (Å²) in [7, 11) is 0. The van der Waals surface area contributed by atoms with Crippen LogP contribution in [0.25, 0.3) is 0 Å². The van der Waals surface area contributed by atoms with Crippen molar-refractivity contribution >= 4 is 23.4 Å². The highest BCUT2D eigenvalue weighted by Crippen LogP contribution is 2.54. The SMILES string of the molecule is Cc1cc(C)c2c(c1)C1(NC(Cc3ccccc3)C3C(=O)N(CCc4ccccc4)C(=O)C31)C(=O)N2. The molecule has 3 aliphatic heterocycles. The Hall–Kier alpha value is -3.77. The lowest BCUT2D eigenvalue weighted by atomic mass is 9.75. The van der Waals surface area contributed by atoms with E-state index in [1.54, 1.807) is 0 Å². The summed E-state index contributed by atoms with van der Waals surface area (Å²) in [4.78, 5) is 43.0. The summed E-state index contributed by atoms with van der Waals surface area (Å²) >= 11 is 0. The van der Waals surface area contributed by atoms with E-state index in [2.05, 4.69) is 10.6 Å².